The second-order valence-electron chi connectivity index (χ2n) is 5.14. The van der Waals surface area contributed by atoms with Crippen molar-refractivity contribution in [3.8, 4) is 17.1 Å². The number of nitrogens with one attached hydrogen (secondary N) is 1. The van der Waals surface area contributed by atoms with Crippen molar-refractivity contribution in [1.29, 1.82) is 0 Å². The Hall–Kier alpha value is -1.96. The summed E-state index contributed by atoms with van der Waals surface area (Å²) in [5.41, 5.74) is 6.93. The minimum Gasteiger partial charge on any atom is -0.475 e. The molecule has 3 N–H and O–H groups in total. The number of nitrogens with zero attached hydrogens (tertiary/aromatic N) is 3. The first-order valence-electron chi connectivity index (χ1n) is 7.41. The Balaban J connectivity index is 1.76. The maximum atomic E-state index is 6.19. The maximum absolute atomic E-state index is 6.19. The van der Waals surface area contributed by atoms with Crippen LogP contribution in [0.3, 0.4) is 0 Å². The number of hydrogen-bond acceptors (Lipinski definition) is 7. The van der Waals surface area contributed by atoms with Crippen LogP contribution in [0.4, 0.5) is 5.82 Å². The van der Waals surface area contributed by atoms with E-state index in [9.17, 15) is 0 Å². The van der Waals surface area contributed by atoms with Gasteiger partial charge in [0.05, 0.1) is 18.3 Å². The molecular formula is C15H18ClN5O2. The number of ether oxygens (including phenoxy) is 2. The molecule has 0 bridgehead atoms. The summed E-state index contributed by atoms with van der Waals surface area (Å²) in [6, 6.07) is 3.92. The third-order valence-corrected chi connectivity index (χ3v) is 3.68. The van der Waals surface area contributed by atoms with Crippen LogP contribution in [0.15, 0.2) is 24.7 Å². The molecule has 23 heavy (non-hydrogen) atoms. The van der Waals surface area contributed by atoms with Crippen LogP contribution in [-0.4, -0.2) is 47.4 Å². The second-order valence-corrected chi connectivity index (χ2v) is 5.55. The number of hydrogen-bond donors (Lipinski definition) is 2. The molecule has 0 aliphatic carbocycles. The molecule has 0 amide bonds. The van der Waals surface area contributed by atoms with Crippen LogP contribution in [0, 0.1) is 0 Å². The monoisotopic (exact) mass is 335 g/mol. The smallest absolute Gasteiger partial charge is 0.232 e. The third-order valence-electron chi connectivity index (χ3n) is 3.41. The van der Waals surface area contributed by atoms with Gasteiger partial charge in [0.2, 0.25) is 5.88 Å². The Labute approximate surface area is 139 Å². The van der Waals surface area contributed by atoms with Crippen LogP contribution in [-0.2, 0) is 4.74 Å². The average Bonchev–Trinajstić information content (AvgIpc) is 3.07. The molecule has 1 atom stereocenters. The lowest BCUT2D eigenvalue weighted by molar-refractivity contribution is 0.195. The standard InChI is InChI=1S/C15H18ClN5O2/c16-12-5-10(7-18-15(12)23-4-2-17)13-6-14(20-9-19-13)21-11-1-3-22-8-11/h5-7,9,11H,1-4,8,17H2,(H,19,20,21). The molecule has 1 aliphatic heterocycles. The van der Waals surface area contributed by atoms with Gasteiger partial charge in [0.25, 0.3) is 0 Å². The summed E-state index contributed by atoms with van der Waals surface area (Å²) in [6.07, 6.45) is 4.16. The van der Waals surface area contributed by atoms with E-state index >= 15 is 0 Å². The highest BCUT2D eigenvalue weighted by atomic mass is 35.5. The van der Waals surface area contributed by atoms with Gasteiger partial charge in [-0.05, 0) is 12.5 Å². The molecule has 122 valence electrons. The summed E-state index contributed by atoms with van der Waals surface area (Å²) in [7, 11) is 0. The van der Waals surface area contributed by atoms with Crippen molar-refractivity contribution in [3.05, 3.63) is 29.7 Å². The summed E-state index contributed by atoms with van der Waals surface area (Å²) >= 11 is 6.19. The highest BCUT2D eigenvalue weighted by molar-refractivity contribution is 6.32. The van der Waals surface area contributed by atoms with Crippen molar-refractivity contribution in [1.82, 2.24) is 15.0 Å². The SMILES string of the molecule is NCCOc1ncc(-c2cc(NC3CCOC3)ncn2)cc1Cl. The summed E-state index contributed by atoms with van der Waals surface area (Å²) in [5, 5.41) is 3.76. The summed E-state index contributed by atoms with van der Waals surface area (Å²) in [6.45, 7) is 2.25. The van der Waals surface area contributed by atoms with Crippen LogP contribution in [0.5, 0.6) is 5.88 Å². The van der Waals surface area contributed by atoms with Gasteiger partial charge in [-0.1, -0.05) is 11.6 Å². The highest BCUT2D eigenvalue weighted by Crippen LogP contribution is 2.27. The fourth-order valence-electron chi connectivity index (χ4n) is 2.28. The van der Waals surface area contributed by atoms with E-state index in [1.165, 1.54) is 6.33 Å². The first-order valence-corrected chi connectivity index (χ1v) is 7.79. The molecule has 7 nitrogen and oxygen atoms in total. The number of rotatable bonds is 6. The molecule has 2 aromatic heterocycles. The van der Waals surface area contributed by atoms with Gasteiger partial charge in [-0.2, -0.15) is 0 Å². The number of pyridine rings is 1. The Bertz CT molecular complexity index is 664. The minimum atomic E-state index is 0.284. The van der Waals surface area contributed by atoms with Crippen molar-refractivity contribution in [3.63, 3.8) is 0 Å². The molecule has 1 unspecified atom stereocenters. The lowest BCUT2D eigenvalue weighted by atomic mass is 10.2. The molecule has 1 saturated heterocycles. The third kappa shape index (κ3) is 4.07. The number of aromatic nitrogens is 3. The van der Waals surface area contributed by atoms with Gasteiger partial charge < -0.3 is 20.5 Å². The Morgan fingerprint density at radius 2 is 2.26 bits per heavy atom. The van der Waals surface area contributed by atoms with Crippen molar-refractivity contribution in [2.45, 2.75) is 12.5 Å². The van der Waals surface area contributed by atoms with Gasteiger partial charge in [-0.25, -0.2) is 15.0 Å². The maximum Gasteiger partial charge on any atom is 0.232 e. The largest absolute Gasteiger partial charge is 0.475 e. The van der Waals surface area contributed by atoms with Gasteiger partial charge in [-0.15, -0.1) is 0 Å². The van der Waals surface area contributed by atoms with Crippen LogP contribution >= 0.6 is 11.6 Å². The molecule has 0 aromatic carbocycles. The van der Waals surface area contributed by atoms with Crippen molar-refractivity contribution >= 4 is 17.4 Å². The molecule has 2 aromatic rings. The van der Waals surface area contributed by atoms with Crippen LogP contribution in [0.1, 0.15) is 6.42 Å². The number of nitrogens with two attached hydrogens (primary N) is 1. The fourth-order valence-corrected chi connectivity index (χ4v) is 2.50. The number of halogens is 1. The van der Waals surface area contributed by atoms with Gasteiger partial charge >= 0.3 is 0 Å². The van der Waals surface area contributed by atoms with Gasteiger partial charge in [-0.3, -0.25) is 0 Å². The van der Waals surface area contributed by atoms with E-state index in [2.05, 4.69) is 20.3 Å². The summed E-state index contributed by atoms with van der Waals surface area (Å²) in [4.78, 5) is 12.7. The Morgan fingerprint density at radius 3 is 3.00 bits per heavy atom. The van der Waals surface area contributed by atoms with Crippen molar-refractivity contribution < 1.29 is 9.47 Å². The molecule has 0 saturated carbocycles. The predicted octanol–water partition coefficient (Wildman–Crippen LogP) is 1.73. The quantitative estimate of drug-likeness (QED) is 0.830. The molecule has 3 rings (SSSR count). The summed E-state index contributed by atoms with van der Waals surface area (Å²) < 4.78 is 10.7. The lowest BCUT2D eigenvalue weighted by Crippen LogP contribution is -2.19. The molecule has 1 aliphatic rings. The van der Waals surface area contributed by atoms with E-state index < -0.39 is 0 Å². The molecule has 0 radical (unpaired) electrons. The van der Waals surface area contributed by atoms with E-state index in [0.717, 1.165) is 30.1 Å². The van der Waals surface area contributed by atoms with Gasteiger partial charge in [0, 0.05) is 31.0 Å². The minimum absolute atomic E-state index is 0.284. The molecule has 1 fully saturated rings. The second kappa shape index (κ2) is 7.54. The fraction of sp³-hybridized carbons (Fsp3) is 0.400. The topological polar surface area (TPSA) is 95.2 Å². The Morgan fingerprint density at radius 1 is 1.35 bits per heavy atom. The predicted molar refractivity (Wildman–Crippen MR) is 87.7 cm³/mol. The molecular weight excluding hydrogens is 318 g/mol. The normalized spacial score (nSPS) is 17.2. The van der Waals surface area contributed by atoms with E-state index in [1.54, 1.807) is 12.3 Å². The van der Waals surface area contributed by atoms with E-state index in [0.29, 0.717) is 30.7 Å². The number of anilines is 1. The van der Waals surface area contributed by atoms with Crippen molar-refractivity contribution in [2.75, 3.05) is 31.7 Å². The zero-order chi connectivity index (χ0) is 16.1. The van der Waals surface area contributed by atoms with E-state index in [1.807, 2.05) is 6.07 Å². The summed E-state index contributed by atoms with van der Waals surface area (Å²) in [5.74, 6) is 1.13. The Kier molecular flexibility index (Phi) is 5.22. The van der Waals surface area contributed by atoms with Crippen LogP contribution in [0.25, 0.3) is 11.3 Å². The molecule has 8 heteroatoms. The van der Waals surface area contributed by atoms with Gasteiger partial charge in [0.1, 0.15) is 23.8 Å². The van der Waals surface area contributed by atoms with Gasteiger partial charge in [0.15, 0.2) is 0 Å². The zero-order valence-corrected chi connectivity index (χ0v) is 13.3. The lowest BCUT2D eigenvalue weighted by Gasteiger charge is -2.12. The first kappa shape index (κ1) is 15.9. The van der Waals surface area contributed by atoms with E-state index in [-0.39, 0.29) is 6.04 Å². The van der Waals surface area contributed by atoms with Crippen molar-refractivity contribution in [2.24, 2.45) is 5.73 Å². The van der Waals surface area contributed by atoms with E-state index in [4.69, 9.17) is 26.8 Å². The first-order chi connectivity index (χ1) is 11.3. The molecule has 0 spiro atoms. The average molecular weight is 336 g/mol. The zero-order valence-electron chi connectivity index (χ0n) is 12.5. The van der Waals surface area contributed by atoms with Crippen LogP contribution in [0.2, 0.25) is 5.02 Å². The van der Waals surface area contributed by atoms with Crippen LogP contribution < -0.4 is 15.8 Å². The molecule has 3 heterocycles. The highest BCUT2D eigenvalue weighted by Gasteiger charge is 2.16.